The van der Waals surface area contributed by atoms with E-state index >= 15 is 4.39 Å². The number of unbranched alkanes of at least 4 members (excludes halogenated alkanes) is 5. The summed E-state index contributed by atoms with van der Waals surface area (Å²) >= 11 is 1.47. The summed E-state index contributed by atoms with van der Waals surface area (Å²) in [6, 6.07) is 17.1. The molecule has 19 nitrogen and oxygen atoms in total. The Morgan fingerprint density at radius 2 is 1.57 bits per heavy atom. The van der Waals surface area contributed by atoms with E-state index in [-0.39, 0.29) is 56.2 Å². The standard InChI is InChI=1S/C63H75F4N11O8S/c1-38-53(87-37-74-38)41-18-16-40(17-19-41)47(62(58(69)84)33-44(79)34-78(62)57(83)54(60(2,3)4)75-59(85)61(64)23-24-61)32-50(81)71-25-10-8-6-5-7-9-15-49(80)70-26-12-27-76-35-46(52-55(68)72-36-73-56(52)76)42-20-21-48-43(31-42)22-28-77(48)51(82)30-39-13-11-14-45(29-39)86-63(65,66)67/h11,13-14,16-21,29,31,35-37,44,47,54,79H,5-10,12,15,22-28,30,32-34H2,1-4H3,(H2,69,84)(H,70,80)(H,71,81)(H,75,85)(H2,68,72,73)/t44?,47-,54-,62?/m0/s1. The van der Waals surface area contributed by atoms with Gasteiger partial charge in [-0.1, -0.05) is 88.9 Å². The van der Waals surface area contributed by atoms with Crippen molar-refractivity contribution in [2.75, 3.05) is 36.8 Å². The first-order valence-corrected chi connectivity index (χ1v) is 30.4. The number of aliphatic hydroxyl groups excluding tert-OH is 1. The number of rotatable bonds is 26. The molecule has 464 valence electrons. The van der Waals surface area contributed by atoms with Crippen LogP contribution in [-0.2, 0) is 48.2 Å². The first-order valence-electron chi connectivity index (χ1n) is 29.6. The minimum absolute atomic E-state index is 0.0305. The molecule has 1 saturated carbocycles. The number of carbonyl (C=O) groups excluding carboxylic acids is 6. The number of β-amino-alcohol motifs (C(OH)–C–C–N with tert-alkyl or cyclic N) is 1. The highest BCUT2D eigenvalue weighted by molar-refractivity contribution is 7.13. The van der Waals surface area contributed by atoms with Crippen molar-refractivity contribution >= 4 is 69.3 Å². The lowest BCUT2D eigenvalue weighted by molar-refractivity contribution is -0.274. The number of ether oxygens (including phenoxy) is 1. The second kappa shape index (κ2) is 26.5. The number of thiazole rings is 1. The van der Waals surface area contributed by atoms with E-state index in [0.717, 1.165) is 64.2 Å². The summed E-state index contributed by atoms with van der Waals surface area (Å²) in [5.74, 6) is -4.37. The van der Waals surface area contributed by atoms with Crippen LogP contribution in [0.3, 0.4) is 0 Å². The molecule has 8 N–H and O–H groups in total. The lowest BCUT2D eigenvalue weighted by Gasteiger charge is -2.44. The zero-order chi connectivity index (χ0) is 62.4. The molecule has 6 amide bonds. The van der Waals surface area contributed by atoms with Crippen LogP contribution in [-0.4, -0.2) is 121 Å². The normalized spacial score (nSPS) is 17.8. The number of hydrogen-bond acceptors (Lipinski definition) is 13. The number of amides is 6. The van der Waals surface area contributed by atoms with Crippen LogP contribution < -0.4 is 37.1 Å². The number of nitrogen functional groups attached to an aromatic ring is 1. The van der Waals surface area contributed by atoms with Crippen LogP contribution in [0.15, 0.2) is 84.8 Å². The van der Waals surface area contributed by atoms with Crippen LogP contribution in [0, 0.1) is 12.3 Å². The maximum atomic E-state index is 15.0. The van der Waals surface area contributed by atoms with Crippen molar-refractivity contribution in [3.63, 3.8) is 0 Å². The van der Waals surface area contributed by atoms with Crippen molar-refractivity contribution in [2.45, 2.75) is 160 Å². The summed E-state index contributed by atoms with van der Waals surface area (Å²) in [4.78, 5) is 99.1. The molecule has 0 bridgehead atoms. The Morgan fingerprint density at radius 1 is 0.874 bits per heavy atom. The summed E-state index contributed by atoms with van der Waals surface area (Å²) < 4.78 is 59.5. The van der Waals surface area contributed by atoms with Crippen LogP contribution in [0.4, 0.5) is 29.1 Å². The fourth-order valence-corrected chi connectivity index (χ4v) is 12.8. The van der Waals surface area contributed by atoms with Crippen LogP contribution in [0.25, 0.3) is 32.6 Å². The highest BCUT2D eigenvalue weighted by Crippen LogP contribution is 2.47. The Labute approximate surface area is 506 Å². The fourth-order valence-electron chi connectivity index (χ4n) is 12.0. The van der Waals surface area contributed by atoms with E-state index in [1.807, 2.05) is 48.0 Å². The number of nitrogens with zero attached hydrogens (tertiary/aromatic N) is 6. The van der Waals surface area contributed by atoms with Gasteiger partial charge in [0.1, 0.15) is 35.1 Å². The van der Waals surface area contributed by atoms with Crippen LogP contribution in [0.5, 0.6) is 5.75 Å². The van der Waals surface area contributed by atoms with Crippen LogP contribution in [0.1, 0.15) is 126 Å². The molecule has 3 aromatic carbocycles. The average Bonchev–Trinajstić information content (AvgIpc) is 1.72. The topological polar surface area (TPSA) is 270 Å². The van der Waals surface area contributed by atoms with Gasteiger partial charge in [-0.25, -0.2) is 19.3 Å². The Hall–Kier alpha value is -7.99. The molecule has 2 unspecified atom stereocenters. The number of nitrogens with two attached hydrogens (primary N) is 2. The van der Waals surface area contributed by atoms with E-state index in [4.69, 9.17) is 11.5 Å². The molecule has 1 saturated heterocycles. The van der Waals surface area contributed by atoms with Gasteiger partial charge >= 0.3 is 6.36 Å². The predicted molar refractivity (Wildman–Crippen MR) is 322 cm³/mol. The summed E-state index contributed by atoms with van der Waals surface area (Å²) in [6.07, 6.45) is 3.06. The number of aliphatic hydroxyl groups is 1. The van der Waals surface area contributed by atoms with E-state index in [9.17, 15) is 47.0 Å². The molecule has 0 radical (unpaired) electrons. The molecule has 0 spiro atoms. The second-order valence-corrected chi connectivity index (χ2v) is 25.0. The van der Waals surface area contributed by atoms with Gasteiger partial charge < -0.3 is 51.6 Å². The number of aryl methyl sites for hydroxylation is 2. The molecule has 3 aromatic heterocycles. The third kappa shape index (κ3) is 14.9. The predicted octanol–water partition coefficient (Wildman–Crippen LogP) is 8.52. The number of primary amides is 1. The van der Waals surface area contributed by atoms with Crippen LogP contribution >= 0.6 is 11.3 Å². The lowest BCUT2D eigenvalue weighted by Crippen LogP contribution is -2.65. The van der Waals surface area contributed by atoms with E-state index in [0.29, 0.717) is 86.3 Å². The molecule has 87 heavy (non-hydrogen) atoms. The summed E-state index contributed by atoms with van der Waals surface area (Å²) in [6.45, 7) is 8.44. The van der Waals surface area contributed by atoms with Crippen molar-refractivity contribution in [3.8, 4) is 27.3 Å². The minimum Gasteiger partial charge on any atom is -0.406 e. The number of halogens is 4. The molecule has 1 aliphatic carbocycles. The van der Waals surface area contributed by atoms with Crippen molar-refractivity contribution in [1.29, 1.82) is 0 Å². The van der Waals surface area contributed by atoms with E-state index < -0.39 is 64.7 Å². The highest BCUT2D eigenvalue weighted by atomic mass is 32.1. The van der Waals surface area contributed by atoms with Gasteiger partial charge in [0.2, 0.25) is 29.5 Å². The monoisotopic (exact) mass is 1220 g/mol. The quantitative estimate of drug-likeness (QED) is 0.0220. The third-order valence-corrected chi connectivity index (χ3v) is 17.7. The summed E-state index contributed by atoms with van der Waals surface area (Å²) in [5, 5.41) is 20.6. The number of nitrogens with one attached hydrogen (secondary N) is 3. The first kappa shape index (κ1) is 63.5. The first-order chi connectivity index (χ1) is 41.3. The van der Waals surface area contributed by atoms with Crippen molar-refractivity contribution < 1.29 is 56.2 Å². The smallest absolute Gasteiger partial charge is 0.406 e. The Balaban J connectivity index is 0.729. The van der Waals surface area contributed by atoms with E-state index in [2.05, 4.69) is 35.6 Å². The number of aromatic nitrogens is 4. The molecule has 5 heterocycles. The summed E-state index contributed by atoms with van der Waals surface area (Å²) in [7, 11) is 0. The van der Waals surface area contributed by atoms with Gasteiger partial charge in [-0.05, 0) is 103 Å². The number of hydrogen-bond donors (Lipinski definition) is 6. The lowest BCUT2D eigenvalue weighted by atomic mass is 9.73. The fraction of sp³-hybridized carbons (Fsp3) is 0.476. The van der Waals surface area contributed by atoms with Gasteiger partial charge in [0.15, 0.2) is 5.67 Å². The number of likely N-dealkylation sites (tertiary alicyclic amines) is 1. The van der Waals surface area contributed by atoms with Gasteiger partial charge in [-0.3, -0.25) is 28.8 Å². The zero-order valence-electron chi connectivity index (χ0n) is 49.3. The van der Waals surface area contributed by atoms with Gasteiger partial charge in [-0.2, -0.15) is 0 Å². The van der Waals surface area contributed by atoms with Crippen molar-refractivity contribution in [3.05, 3.63) is 107 Å². The average molecular weight is 1220 g/mol. The van der Waals surface area contributed by atoms with Gasteiger partial charge in [0, 0.05) is 75.4 Å². The second-order valence-electron chi connectivity index (χ2n) is 24.1. The number of anilines is 2. The molecule has 9 rings (SSSR count). The zero-order valence-corrected chi connectivity index (χ0v) is 50.1. The number of carbonyl (C=O) groups is 6. The molecule has 3 aliphatic rings. The highest BCUT2D eigenvalue weighted by Gasteiger charge is 2.60. The molecule has 2 fully saturated rings. The Bertz CT molecular complexity index is 3510. The molecule has 6 aromatic rings. The number of benzene rings is 3. The summed E-state index contributed by atoms with van der Waals surface area (Å²) in [5.41, 5.74) is 16.1. The minimum atomic E-state index is -4.85. The SMILES string of the molecule is Cc1ncsc1-c1ccc([C@H](CC(=O)NCCCCCCCCC(=O)NCCCn2cc(-c3ccc4c(c3)CCN4C(=O)Cc3cccc(OC(F)(F)F)c3)c3c(N)ncnc32)C2(C(N)=O)CC(O)CN2C(=O)[C@H](NC(=O)C2(F)CC2)C(C)(C)C)cc1. The van der Waals surface area contributed by atoms with Gasteiger partial charge in [0.05, 0.1) is 34.0 Å². The van der Waals surface area contributed by atoms with Crippen molar-refractivity contribution in [2.24, 2.45) is 11.1 Å². The molecular formula is C63H75F4N11O8S. The van der Waals surface area contributed by atoms with E-state index in [1.54, 1.807) is 49.4 Å². The molecular weight excluding hydrogens is 1150 g/mol. The third-order valence-electron chi connectivity index (χ3n) is 16.7. The van der Waals surface area contributed by atoms with Crippen molar-refractivity contribution in [1.82, 2.24) is 40.4 Å². The van der Waals surface area contributed by atoms with E-state index in [1.165, 1.54) is 40.8 Å². The number of alkyl halides is 4. The maximum absolute atomic E-state index is 15.0. The molecule has 24 heteroatoms. The van der Waals surface area contributed by atoms with Crippen LogP contribution in [0.2, 0.25) is 0 Å². The Morgan fingerprint density at radius 3 is 2.26 bits per heavy atom. The molecule has 2 aliphatic heterocycles. The molecule has 4 atom stereocenters. The maximum Gasteiger partial charge on any atom is 0.573 e. The van der Waals surface area contributed by atoms with Gasteiger partial charge in [0.25, 0.3) is 5.91 Å². The largest absolute Gasteiger partial charge is 0.573 e. The number of fused-ring (bicyclic) bond motifs is 2. The van der Waals surface area contributed by atoms with Gasteiger partial charge in [-0.15, -0.1) is 24.5 Å². The Kier molecular flexibility index (Phi) is 19.4.